The number of rotatable bonds is 4. The van der Waals surface area contributed by atoms with Gasteiger partial charge in [-0.2, -0.15) is 0 Å². The Hall–Kier alpha value is -2.76. The van der Waals surface area contributed by atoms with Crippen LogP contribution in [0.15, 0.2) is 47.5 Å². The molecule has 1 N–H and O–H groups in total. The van der Waals surface area contributed by atoms with E-state index >= 15 is 0 Å². The highest BCUT2D eigenvalue weighted by atomic mass is 19.1. The zero-order valence-corrected chi connectivity index (χ0v) is 15.6. The molecule has 2 aromatic carbocycles. The molecule has 2 unspecified atom stereocenters. The van der Waals surface area contributed by atoms with Crippen molar-refractivity contribution < 1.29 is 13.9 Å². The van der Waals surface area contributed by atoms with Crippen LogP contribution in [0.4, 0.5) is 4.39 Å². The van der Waals surface area contributed by atoms with Gasteiger partial charge in [0.15, 0.2) is 17.5 Å². The SMILES string of the molecule is CN=C(NC1CC1c1ccccc1F)N(C)Cc1ccc2c(c1)OCCO2. The van der Waals surface area contributed by atoms with Crippen molar-refractivity contribution in [2.24, 2.45) is 4.99 Å². The van der Waals surface area contributed by atoms with Crippen LogP contribution >= 0.6 is 0 Å². The van der Waals surface area contributed by atoms with Crippen LogP contribution in [-0.4, -0.2) is 44.2 Å². The summed E-state index contributed by atoms with van der Waals surface area (Å²) in [6.45, 7) is 1.86. The van der Waals surface area contributed by atoms with Crippen LogP contribution in [0.3, 0.4) is 0 Å². The average Bonchev–Trinajstić information content (AvgIpc) is 3.45. The number of benzene rings is 2. The molecule has 142 valence electrons. The monoisotopic (exact) mass is 369 g/mol. The molecule has 5 nitrogen and oxygen atoms in total. The summed E-state index contributed by atoms with van der Waals surface area (Å²) in [6.07, 6.45) is 0.915. The molecule has 2 aliphatic rings. The Morgan fingerprint density at radius 1 is 1.19 bits per heavy atom. The lowest BCUT2D eigenvalue weighted by molar-refractivity contribution is 0.171. The van der Waals surface area contributed by atoms with E-state index in [2.05, 4.69) is 15.2 Å². The van der Waals surface area contributed by atoms with E-state index in [1.165, 1.54) is 6.07 Å². The largest absolute Gasteiger partial charge is 0.486 e. The standard InChI is InChI=1S/C21H24FN3O2/c1-23-21(24-18-12-16(18)15-5-3-4-6-17(15)22)25(2)13-14-7-8-19-20(11-14)27-10-9-26-19/h3-8,11,16,18H,9-10,12-13H2,1-2H3,(H,23,24). The first kappa shape index (κ1) is 17.6. The highest BCUT2D eigenvalue weighted by molar-refractivity contribution is 5.80. The Bertz CT molecular complexity index is 855. The number of nitrogens with zero attached hydrogens (tertiary/aromatic N) is 2. The minimum atomic E-state index is -0.133. The Morgan fingerprint density at radius 3 is 2.74 bits per heavy atom. The molecule has 1 aliphatic heterocycles. The van der Waals surface area contributed by atoms with E-state index in [-0.39, 0.29) is 17.8 Å². The first-order valence-corrected chi connectivity index (χ1v) is 9.23. The van der Waals surface area contributed by atoms with Crippen LogP contribution in [0.5, 0.6) is 11.5 Å². The molecule has 4 rings (SSSR count). The summed E-state index contributed by atoms with van der Waals surface area (Å²) in [5.74, 6) is 2.45. The third kappa shape index (κ3) is 3.84. The second kappa shape index (κ2) is 7.47. The maximum atomic E-state index is 14.0. The summed E-state index contributed by atoms with van der Waals surface area (Å²) < 4.78 is 25.2. The third-order valence-corrected chi connectivity index (χ3v) is 5.01. The van der Waals surface area contributed by atoms with Gasteiger partial charge in [-0.3, -0.25) is 4.99 Å². The molecule has 2 aromatic rings. The third-order valence-electron chi connectivity index (χ3n) is 5.01. The van der Waals surface area contributed by atoms with Crippen LogP contribution in [-0.2, 0) is 6.54 Å². The highest BCUT2D eigenvalue weighted by Crippen LogP contribution is 2.42. The molecule has 1 saturated carbocycles. The van der Waals surface area contributed by atoms with E-state index in [9.17, 15) is 4.39 Å². The Kier molecular flexibility index (Phi) is 4.88. The molecule has 0 radical (unpaired) electrons. The molecule has 0 spiro atoms. The van der Waals surface area contributed by atoms with Crippen molar-refractivity contribution in [1.82, 2.24) is 10.2 Å². The maximum Gasteiger partial charge on any atom is 0.193 e. The molecule has 0 bridgehead atoms. The molecule has 0 amide bonds. The molecule has 0 aromatic heterocycles. The molecular formula is C21H24FN3O2. The summed E-state index contributed by atoms with van der Waals surface area (Å²) in [5, 5.41) is 3.45. The molecule has 1 heterocycles. The molecule has 1 aliphatic carbocycles. The first-order valence-electron chi connectivity index (χ1n) is 9.23. The fraction of sp³-hybridized carbons (Fsp3) is 0.381. The molecule has 1 fully saturated rings. The summed E-state index contributed by atoms with van der Waals surface area (Å²) in [4.78, 5) is 6.44. The maximum absolute atomic E-state index is 14.0. The van der Waals surface area contributed by atoms with Crippen molar-refractivity contribution >= 4 is 5.96 Å². The van der Waals surface area contributed by atoms with Crippen molar-refractivity contribution in [1.29, 1.82) is 0 Å². The van der Waals surface area contributed by atoms with Gasteiger partial charge in [0.2, 0.25) is 0 Å². The Labute approximate surface area is 158 Å². The first-order chi connectivity index (χ1) is 13.2. The van der Waals surface area contributed by atoms with Gasteiger partial charge in [-0.15, -0.1) is 0 Å². The van der Waals surface area contributed by atoms with Crippen LogP contribution < -0.4 is 14.8 Å². The molecule has 2 atom stereocenters. The van der Waals surface area contributed by atoms with Crippen molar-refractivity contribution in [3.63, 3.8) is 0 Å². The molecule has 27 heavy (non-hydrogen) atoms. The summed E-state index contributed by atoms with van der Waals surface area (Å²) in [6, 6.07) is 13.2. The van der Waals surface area contributed by atoms with Gasteiger partial charge >= 0.3 is 0 Å². The molecule has 0 saturated heterocycles. The number of aliphatic imine (C=N–C) groups is 1. The highest BCUT2D eigenvalue weighted by Gasteiger charge is 2.40. The zero-order valence-electron chi connectivity index (χ0n) is 15.6. The topological polar surface area (TPSA) is 46.1 Å². The van der Waals surface area contributed by atoms with Gasteiger partial charge in [0, 0.05) is 32.6 Å². The number of ether oxygens (including phenoxy) is 2. The lowest BCUT2D eigenvalue weighted by atomic mass is 10.1. The summed E-state index contributed by atoms with van der Waals surface area (Å²) in [7, 11) is 3.76. The predicted octanol–water partition coefficient (Wildman–Crippen LogP) is 3.16. The van der Waals surface area contributed by atoms with E-state index in [1.54, 1.807) is 13.1 Å². The van der Waals surface area contributed by atoms with Crippen molar-refractivity contribution in [2.45, 2.75) is 24.9 Å². The molecular weight excluding hydrogens is 345 g/mol. The van der Waals surface area contributed by atoms with Crippen molar-refractivity contribution in [3.05, 3.63) is 59.4 Å². The number of fused-ring (bicyclic) bond motifs is 1. The van der Waals surface area contributed by atoms with Gasteiger partial charge in [-0.25, -0.2) is 4.39 Å². The second-order valence-corrected chi connectivity index (χ2v) is 7.00. The fourth-order valence-corrected chi connectivity index (χ4v) is 3.52. The zero-order chi connectivity index (χ0) is 18.8. The van der Waals surface area contributed by atoms with Crippen LogP contribution in [0.2, 0.25) is 0 Å². The average molecular weight is 369 g/mol. The Morgan fingerprint density at radius 2 is 1.96 bits per heavy atom. The fourth-order valence-electron chi connectivity index (χ4n) is 3.52. The van der Waals surface area contributed by atoms with Gasteiger partial charge < -0.3 is 19.7 Å². The number of halogens is 1. The number of hydrogen-bond donors (Lipinski definition) is 1. The van der Waals surface area contributed by atoms with E-state index in [4.69, 9.17) is 9.47 Å². The molecule has 6 heteroatoms. The number of guanidine groups is 1. The van der Waals surface area contributed by atoms with Gasteiger partial charge in [0.1, 0.15) is 19.0 Å². The summed E-state index contributed by atoms with van der Waals surface area (Å²) in [5.41, 5.74) is 1.89. The van der Waals surface area contributed by atoms with Crippen LogP contribution in [0.25, 0.3) is 0 Å². The minimum absolute atomic E-state index is 0.133. The minimum Gasteiger partial charge on any atom is -0.486 e. The van der Waals surface area contributed by atoms with E-state index < -0.39 is 0 Å². The van der Waals surface area contributed by atoms with E-state index in [1.807, 2.05) is 37.4 Å². The normalized spacial score (nSPS) is 20.9. The number of nitrogens with one attached hydrogen (secondary N) is 1. The second-order valence-electron chi connectivity index (χ2n) is 7.00. The van der Waals surface area contributed by atoms with Gasteiger partial charge in [0.25, 0.3) is 0 Å². The lowest BCUT2D eigenvalue weighted by Crippen LogP contribution is -2.40. The lowest BCUT2D eigenvalue weighted by Gasteiger charge is -2.24. The number of hydrogen-bond acceptors (Lipinski definition) is 3. The van der Waals surface area contributed by atoms with E-state index in [0.717, 1.165) is 35.0 Å². The van der Waals surface area contributed by atoms with Gasteiger partial charge in [0.05, 0.1) is 0 Å². The predicted molar refractivity (Wildman–Crippen MR) is 103 cm³/mol. The van der Waals surface area contributed by atoms with Crippen molar-refractivity contribution in [3.8, 4) is 11.5 Å². The van der Waals surface area contributed by atoms with E-state index in [0.29, 0.717) is 19.8 Å². The smallest absolute Gasteiger partial charge is 0.193 e. The van der Waals surface area contributed by atoms with Crippen LogP contribution in [0, 0.1) is 5.82 Å². The Balaban J connectivity index is 1.38. The van der Waals surface area contributed by atoms with Gasteiger partial charge in [-0.05, 0) is 35.7 Å². The quantitative estimate of drug-likeness (QED) is 0.664. The van der Waals surface area contributed by atoms with Gasteiger partial charge in [-0.1, -0.05) is 24.3 Å². The van der Waals surface area contributed by atoms with Crippen molar-refractivity contribution in [2.75, 3.05) is 27.3 Å². The van der Waals surface area contributed by atoms with Crippen LogP contribution in [0.1, 0.15) is 23.5 Å². The summed E-state index contributed by atoms with van der Waals surface area (Å²) >= 11 is 0.